The molecule has 25 heavy (non-hydrogen) atoms. The standard InChI is InChI=1S/C18H19FN2O3S/c1-11-4-6-17(16(19)8-11)20-25(23,24)15-5-7-18-14(10-15)9-12(2)21(18)13(3)22/h4-8,10,12,20H,9H2,1-3H3. The van der Waals surface area contributed by atoms with Crippen molar-refractivity contribution < 1.29 is 17.6 Å². The Labute approximate surface area is 146 Å². The summed E-state index contributed by atoms with van der Waals surface area (Å²) in [6.45, 7) is 5.12. The van der Waals surface area contributed by atoms with Crippen LogP contribution in [0.15, 0.2) is 41.3 Å². The molecule has 2 aromatic carbocycles. The molecule has 1 aliphatic rings. The summed E-state index contributed by atoms with van der Waals surface area (Å²) in [7, 11) is -3.92. The van der Waals surface area contributed by atoms with Crippen LogP contribution in [0.1, 0.15) is 25.0 Å². The number of carbonyl (C=O) groups excluding carboxylic acids is 1. The average Bonchev–Trinajstić information content (AvgIpc) is 2.85. The Bertz CT molecular complexity index is 957. The van der Waals surface area contributed by atoms with Crippen LogP contribution in [0.2, 0.25) is 0 Å². The second-order valence-electron chi connectivity index (χ2n) is 6.32. The number of fused-ring (bicyclic) bond motifs is 1. The van der Waals surface area contributed by atoms with Crippen molar-refractivity contribution >= 4 is 27.3 Å². The molecule has 0 spiro atoms. The summed E-state index contributed by atoms with van der Waals surface area (Å²) >= 11 is 0. The molecule has 3 rings (SSSR count). The molecule has 0 aliphatic carbocycles. The van der Waals surface area contributed by atoms with Crippen LogP contribution in [-0.2, 0) is 21.2 Å². The summed E-state index contributed by atoms with van der Waals surface area (Å²) in [4.78, 5) is 13.5. The maximum absolute atomic E-state index is 13.9. The zero-order valence-electron chi connectivity index (χ0n) is 14.2. The number of aryl methyl sites for hydroxylation is 1. The first-order valence-electron chi connectivity index (χ1n) is 7.91. The SMILES string of the molecule is CC(=O)N1c2ccc(S(=O)(=O)Nc3ccc(C)cc3F)cc2CC1C. The zero-order chi connectivity index (χ0) is 18.4. The predicted molar refractivity (Wildman–Crippen MR) is 94.7 cm³/mol. The van der Waals surface area contributed by atoms with E-state index >= 15 is 0 Å². The fourth-order valence-electron chi connectivity index (χ4n) is 3.16. The van der Waals surface area contributed by atoms with Crippen LogP contribution in [0.4, 0.5) is 15.8 Å². The molecule has 2 aromatic rings. The lowest BCUT2D eigenvalue weighted by atomic mass is 10.1. The van der Waals surface area contributed by atoms with E-state index in [1.807, 2.05) is 6.92 Å². The van der Waals surface area contributed by atoms with Gasteiger partial charge in [0.05, 0.1) is 10.6 Å². The van der Waals surface area contributed by atoms with Crippen LogP contribution in [0.3, 0.4) is 0 Å². The Morgan fingerprint density at radius 2 is 1.96 bits per heavy atom. The van der Waals surface area contributed by atoms with Crippen molar-refractivity contribution in [3.05, 3.63) is 53.3 Å². The Hall–Kier alpha value is -2.41. The first kappa shape index (κ1) is 17.4. The summed E-state index contributed by atoms with van der Waals surface area (Å²) in [5, 5.41) is 0. The minimum absolute atomic E-state index is 0.0204. The number of carbonyl (C=O) groups is 1. The van der Waals surface area contributed by atoms with E-state index in [-0.39, 0.29) is 22.5 Å². The quantitative estimate of drug-likeness (QED) is 0.912. The maximum Gasteiger partial charge on any atom is 0.261 e. The van der Waals surface area contributed by atoms with Gasteiger partial charge in [-0.25, -0.2) is 12.8 Å². The van der Waals surface area contributed by atoms with E-state index < -0.39 is 15.8 Å². The van der Waals surface area contributed by atoms with Gasteiger partial charge < -0.3 is 4.90 Å². The molecule has 0 radical (unpaired) electrons. The number of sulfonamides is 1. The molecule has 0 aromatic heterocycles. The van der Waals surface area contributed by atoms with E-state index in [1.165, 1.54) is 25.1 Å². The van der Waals surface area contributed by atoms with Crippen molar-refractivity contribution in [3.8, 4) is 0 Å². The maximum atomic E-state index is 13.9. The number of benzene rings is 2. The number of amides is 1. The Morgan fingerprint density at radius 3 is 2.60 bits per heavy atom. The number of halogens is 1. The Morgan fingerprint density at radius 1 is 1.24 bits per heavy atom. The molecule has 1 unspecified atom stereocenters. The Kier molecular flexibility index (Phi) is 4.28. The fourth-order valence-corrected chi connectivity index (χ4v) is 4.28. The lowest BCUT2D eigenvalue weighted by molar-refractivity contribution is -0.116. The van der Waals surface area contributed by atoms with E-state index in [0.29, 0.717) is 12.0 Å². The molecule has 5 nitrogen and oxygen atoms in total. The highest BCUT2D eigenvalue weighted by atomic mass is 32.2. The van der Waals surface area contributed by atoms with Gasteiger partial charge >= 0.3 is 0 Å². The van der Waals surface area contributed by atoms with Crippen LogP contribution in [0.5, 0.6) is 0 Å². The molecule has 0 saturated carbocycles. The van der Waals surface area contributed by atoms with E-state index in [4.69, 9.17) is 0 Å². The molecule has 0 bridgehead atoms. The molecule has 1 N–H and O–H groups in total. The van der Waals surface area contributed by atoms with E-state index in [0.717, 1.165) is 11.3 Å². The summed E-state index contributed by atoms with van der Waals surface area (Å²) < 4.78 is 41.4. The number of rotatable bonds is 3. The number of anilines is 2. The van der Waals surface area contributed by atoms with Crippen molar-refractivity contribution in [3.63, 3.8) is 0 Å². The highest BCUT2D eigenvalue weighted by Gasteiger charge is 2.30. The van der Waals surface area contributed by atoms with Crippen molar-refractivity contribution in [1.82, 2.24) is 0 Å². The number of nitrogens with zero attached hydrogens (tertiary/aromatic N) is 1. The average molecular weight is 362 g/mol. The number of nitrogens with one attached hydrogen (secondary N) is 1. The van der Waals surface area contributed by atoms with Crippen molar-refractivity contribution in [2.75, 3.05) is 9.62 Å². The monoisotopic (exact) mass is 362 g/mol. The lowest BCUT2D eigenvalue weighted by Gasteiger charge is -2.20. The van der Waals surface area contributed by atoms with Gasteiger partial charge in [0.2, 0.25) is 5.91 Å². The molecule has 0 saturated heterocycles. The minimum atomic E-state index is -3.92. The van der Waals surface area contributed by atoms with Crippen LogP contribution in [0.25, 0.3) is 0 Å². The van der Waals surface area contributed by atoms with Gasteiger partial charge in [0.25, 0.3) is 10.0 Å². The molecule has 1 amide bonds. The van der Waals surface area contributed by atoms with Gasteiger partial charge in [-0.3, -0.25) is 9.52 Å². The predicted octanol–water partition coefficient (Wildman–Crippen LogP) is 3.23. The topological polar surface area (TPSA) is 66.5 Å². The molecular weight excluding hydrogens is 343 g/mol. The van der Waals surface area contributed by atoms with E-state index in [2.05, 4.69) is 4.72 Å². The normalized spacial score (nSPS) is 16.6. The molecule has 0 fully saturated rings. The van der Waals surface area contributed by atoms with Gasteiger partial charge in [0.15, 0.2) is 0 Å². The Balaban J connectivity index is 1.94. The van der Waals surface area contributed by atoms with Crippen LogP contribution < -0.4 is 9.62 Å². The fraction of sp³-hybridized carbons (Fsp3) is 0.278. The van der Waals surface area contributed by atoms with Gasteiger partial charge in [-0.15, -0.1) is 0 Å². The van der Waals surface area contributed by atoms with E-state index in [1.54, 1.807) is 30.0 Å². The van der Waals surface area contributed by atoms with Gasteiger partial charge in [-0.2, -0.15) is 0 Å². The highest BCUT2D eigenvalue weighted by molar-refractivity contribution is 7.92. The third-order valence-corrected chi connectivity index (χ3v) is 5.65. The van der Waals surface area contributed by atoms with Crippen LogP contribution >= 0.6 is 0 Å². The minimum Gasteiger partial charge on any atom is -0.309 e. The van der Waals surface area contributed by atoms with Gasteiger partial charge in [-0.05, 0) is 61.7 Å². The lowest BCUT2D eigenvalue weighted by Crippen LogP contribution is -2.33. The van der Waals surface area contributed by atoms with Crippen molar-refractivity contribution in [1.29, 1.82) is 0 Å². The summed E-state index contributed by atoms with van der Waals surface area (Å²) in [5.41, 5.74) is 2.12. The second-order valence-corrected chi connectivity index (χ2v) is 8.00. The second kappa shape index (κ2) is 6.15. The molecule has 1 atom stereocenters. The molecule has 1 aliphatic heterocycles. The van der Waals surface area contributed by atoms with Crippen molar-refractivity contribution in [2.24, 2.45) is 0 Å². The van der Waals surface area contributed by atoms with Crippen LogP contribution in [-0.4, -0.2) is 20.4 Å². The van der Waals surface area contributed by atoms with Gasteiger partial charge in [0.1, 0.15) is 5.82 Å². The third-order valence-electron chi connectivity index (χ3n) is 4.29. The summed E-state index contributed by atoms with van der Waals surface area (Å²) in [6, 6.07) is 8.89. The molecule has 7 heteroatoms. The molecular formula is C18H19FN2O3S. The highest BCUT2D eigenvalue weighted by Crippen LogP contribution is 2.34. The van der Waals surface area contributed by atoms with Gasteiger partial charge in [0, 0.05) is 18.7 Å². The summed E-state index contributed by atoms with van der Waals surface area (Å²) in [5.74, 6) is -0.706. The zero-order valence-corrected chi connectivity index (χ0v) is 15.0. The van der Waals surface area contributed by atoms with Crippen LogP contribution in [0, 0.1) is 12.7 Å². The van der Waals surface area contributed by atoms with E-state index in [9.17, 15) is 17.6 Å². The number of hydrogen-bond donors (Lipinski definition) is 1. The molecule has 132 valence electrons. The smallest absolute Gasteiger partial charge is 0.261 e. The summed E-state index contributed by atoms with van der Waals surface area (Å²) in [6.07, 6.45) is 0.581. The van der Waals surface area contributed by atoms with Crippen molar-refractivity contribution in [2.45, 2.75) is 38.1 Å². The first-order chi connectivity index (χ1) is 11.7. The first-order valence-corrected chi connectivity index (χ1v) is 9.39. The molecule has 1 heterocycles. The largest absolute Gasteiger partial charge is 0.309 e. The third kappa shape index (κ3) is 3.24. The van der Waals surface area contributed by atoms with Gasteiger partial charge in [-0.1, -0.05) is 6.07 Å². The number of hydrogen-bond acceptors (Lipinski definition) is 3.